The fourth-order valence-corrected chi connectivity index (χ4v) is 5.82. The van der Waals surface area contributed by atoms with Crippen molar-refractivity contribution in [1.82, 2.24) is 0 Å². The van der Waals surface area contributed by atoms with E-state index >= 15 is 0 Å². The highest BCUT2D eigenvalue weighted by Gasteiger charge is 2.47. The summed E-state index contributed by atoms with van der Waals surface area (Å²) in [4.78, 5) is 0. The van der Waals surface area contributed by atoms with Crippen LogP contribution in [-0.2, 0) is 15.5 Å². The molecule has 4 heteroatoms. The van der Waals surface area contributed by atoms with Gasteiger partial charge in [-0.15, -0.1) is 4.52 Å². The van der Waals surface area contributed by atoms with Crippen LogP contribution in [0.5, 0.6) is 0 Å². The van der Waals surface area contributed by atoms with E-state index < -0.39 is 8.03 Å². The molecule has 2 unspecified atom stereocenters. The van der Waals surface area contributed by atoms with Crippen LogP contribution < -0.4 is 0 Å². The maximum absolute atomic E-state index is 12.4. The molecular weight excluding hydrogens is 359 g/mol. The highest BCUT2D eigenvalue weighted by atomic mass is 79.9. The Morgan fingerprint density at radius 1 is 1.14 bits per heavy atom. The highest BCUT2D eigenvalue weighted by molar-refractivity contribution is 9.10. The fraction of sp³-hybridized carbons (Fsp3) is 0.667. The van der Waals surface area contributed by atoms with Crippen LogP contribution in [0.25, 0.3) is 0 Å². The number of rotatable bonds is 5. The molecule has 0 saturated heterocycles. The SMILES string of the molecule is O=[P+](CCc1ccccc1Br)OC1CCCCC12CCCC2. The van der Waals surface area contributed by atoms with Crippen LogP contribution >= 0.6 is 24.0 Å². The van der Waals surface area contributed by atoms with Crippen LogP contribution in [0.15, 0.2) is 28.7 Å². The molecule has 0 N–H and O–H groups in total. The van der Waals surface area contributed by atoms with E-state index in [0.717, 1.165) is 17.3 Å². The van der Waals surface area contributed by atoms with Crippen molar-refractivity contribution in [1.29, 1.82) is 0 Å². The molecule has 1 aromatic rings. The van der Waals surface area contributed by atoms with Crippen LogP contribution in [0.3, 0.4) is 0 Å². The molecule has 1 spiro atoms. The number of hydrogen-bond acceptors (Lipinski definition) is 2. The van der Waals surface area contributed by atoms with Gasteiger partial charge in [-0.3, -0.25) is 0 Å². The highest BCUT2D eigenvalue weighted by Crippen LogP contribution is 2.52. The molecule has 3 rings (SSSR count). The van der Waals surface area contributed by atoms with E-state index in [1.165, 1.54) is 50.5 Å². The van der Waals surface area contributed by atoms with Crippen molar-refractivity contribution in [2.24, 2.45) is 5.41 Å². The van der Waals surface area contributed by atoms with Gasteiger partial charge in [-0.1, -0.05) is 59.8 Å². The first-order chi connectivity index (χ1) is 10.7. The zero-order valence-electron chi connectivity index (χ0n) is 13.1. The van der Waals surface area contributed by atoms with Crippen molar-refractivity contribution in [2.75, 3.05) is 6.16 Å². The maximum atomic E-state index is 12.4. The molecule has 0 radical (unpaired) electrons. The fourth-order valence-electron chi connectivity index (χ4n) is 4.20. The molecule has 2 saturated carbocycles. The second-order valence-corrected chi connectivity index (χ2v) is 8.98. The van der Waals surface area contributed by atoms with E-state index in [4.69, 9.17) is 4.52 Å². The molecule has 2 nitrogen and oxygen atoms in total. The first-order valence-electron chi connectivity index (χ1n) is 8.54. The predicted molar refractivity (Wildman–Crippen MR) is 94.6 cm³/mol. The van der Waals surface area contributed by atoms with Gasteiger partial charge < -0.3 is 0 Å². The van der Waals surface area contributed by atoms with E-state index in [0.29, 0.717) is 11.6 Å². The van der Waals surface area contributed by atoms with Crippen LogP contribution in [-0.4, -0.2) is 12.3 Å². The Morgan fingerprint density at radius 3 is 2.55 bits per heavy atom. The number of halogens is 1. The molecular formula is C18H25BrO2P+. The Hall–Kier alpha value is -0.240. The Bertz CT molecular complexity index is 526. The molecule has 2 fully saturated rings. The van der Waals surface area contributed by atoms with E-state index in [-0.39, 0.29) is 6.10 Å². The number of aryl methyl sites for hydroxylation is 1. The third-order valence-corrected chi connectivity index (χ3v) is 7.29. The standard InChI is InChI=1S/C18H25BrO2P/c19-16-8-2-1-7-15(16)10-14-22(20)21-17-9-3-4-11-18(17)12-5-6-13-18/h1-2,7-8,17H,3-6,9-14H2/q+1. The Labute approximate surface area is 143 Å². The van der Waals surface area contributed by atoms with Crippen LogP contribution in [0.1, 0.15) is 56.9 Å². The van der Waals surface area contributed by atoms with Crippen LogP contribution in [0.4, 0.5) is 0 Å². The minimum atomic E-state index is -1.55. The molecule has 2 aliphatic rings. The van der Waals surface area contributed by atoms with Gasteiger partial charge in [0.05, 0.1) is 0 Å². The summed E-state index contributed by atoms with van der Waals surface area (Å²) in [7, 11) is -1.55. The predicted octanol–water partition coefficient (Wildman–Crippen LogP) is 6.25. The maximum Gasteiger partial charge on any atom is 0.508 e. The Kier molecular flexibility index (Phi) is 5.70. The first-order valence-corrected chi connectivity index (χ1v) is 10.7. The first kappa shape index (κ1) is 16.6. The molecule has 0 amide bonds. The summed E-state index contributed by atoms with van der Waals surface area (Å²) in [6.07, 6.45) is 11.9. The lowest BCUT2D eigenvalue weighted by Crippen LogP contribution is -2.36. The molecule has 1 aromatic carbocycles. The summed E-state index contributed by atoms with van der Waals surface area (Å²) in [5, 5.41) is 0. The summed E-state index contributed by atoms with van der Waals surface area (Å²) in [5.41, 5.74) is 1.57. The molecule has 2 aliphatic carbocycles. The molecule has 0 heterocycles. The minimum absolute atomic E-state index is 0.242. The molecule has 22 heavy (non-hydrogen) atoms. The van der Waals surface area contributed by atoms with Crippen molar-refractivity contribution in [3.63, 3.8) is 0 Å². The van der Waals surface area contributed by atoms with E-state index in [9.17, 15) is 4.57 Å². The van der Waals surface area contributed by atoms with Crippen molar-refractivity contribution < 1.29 is 9.09 Å². The summed E-state index contributed by atoms with van der Waals surface area (Å²) in [6, 6.07) is 8.17. The lowest BCUT2D eigenvalue weighted by Gasteiger charge is -2.38. The zero-order valence-corrected chi connectivity index (χ0v) is 15.6. The normalized spacial score (nSPS) is 24.6. The summed E-state index contributed by atoms with van der Waals surface area (Å²) >= 11 is 3.56. The van der Waals surface area contributed by atoms with E-state index in [1.54, 1.807) is 0 Å². The van der Waals surface area contributed by atoms with Crippen LogP contribution in [0.2, 0.25) is 0 Å². The largest absolute Gasteiger partial charge is 0.508 e. The molecule has 0 bridgehead atoms. The monoisotopic (exact) mass is 383 g/mol. The number of benzene rings is 1. The quantitative estimate of drug-likeness (QED) is 0.561. The van der Waals surface area contributed by atoms with Crippen molar-refractivity contribution in [2.45, 2.75) is 63.9 Å². The molecule has 2 atom stereocenters. The third kappa shape index (κ3) is 3.80. The Morgan fingerprint density at radius 2 is 1.82 bits per heavy atom. The summed E-state index contributed by atoms with van der Waals surface area (Å²) < 4.78 is 19.6. The Balaban J connectivity index is 1.55. The average molecular weight is 384 g/mol. The van der Waals surface area contributed by atoms with Gasteiger partial charge >= 0.3 is 8.03 Å². The van der Waals surface area contributed by atoms with Gasteiger partial charge in [0.15, 0.2) is 6.16 Å². The molecule has 0 aliphatic heterocycles. The molecule has 0 aromatic heterocycles. The summed E-state index contributed by atoms with van der Waals surface area (Å²) in [6.45, 7) is 0. The topological polar surface area (TPSA) is 26.3 Å². The lowest BCUT2D eigenvalue weighted by molar-refractivity contribution is 0.0173. The summed E-state index contributed by atoms with van der Waals surface area (Å²) in [5.74, 6) is 0. The second kappa shape index (κ2) is 7.55. The van der Waals surface area contributed by atoms with Crippen molar-refractivity contribution in [3.8, 4) is 0 Å². The average Bonchev–Trinajstić information content (AvgIpc) is 2.98. The van der Waals surface area contributed by atoms with Gasteiger partial charge in [0, 0.05) is 16.3 Å². The number of hydrogen-bond donors (Lipinski definition) is 0. The van der Waals surface area contributed by atoms with Crippen molar-refractivity contribution in [3.05, 3.63) is 34.3 Å². The van der Waals surface area contributed by atoms with Gasteiger partial charge in [-0.2, -0.15) is 0 Å². The van der Waals surface area contributed by atoms with E-state index in [1.807, 2.05) is 18.2 Å². The lowest BCUT2D eigenvalue weighted by atomic mass is 9.71. The molecule has 120 valence electrons. The third-order valence-electron chi connectivity index (χ3n) is 5.44. The second-order valence-electron chi connectivity index (χ2n) is 6.81. The van der Waals surface area contributed by atoms with Gasteiger partial charge in [-0.05, 0) is 41.9 Å². The van der Waals surface area contributed by atoms with E-state index in [2.05, 4.69) is 22.0 Å². The van der Waals surface area contributed by atoms with Crippen molar-refractivity contribution >= 4 is 24.0 Å². The van der Waals surface area contributed by atoms with Gasteiger partial charge in [0.2, 0.25) is 0 Å². The van der Waals surface area contributed by atoms with Gasteiger partial charge in [0.25, 0.3) is 0 Å². The van der Waals surface area contributed by atoms with Gasteiger partial charge in [-0.25, -0.2) is 0 Å². The smallest absolute Gasteiger partial charge is 0.142 e. The van der Waals surface area contributed by atoms with Gasteiger partial charge in [0.1, 0.15) is 6.10 Å². The van der Waals surface area contributed by atoms with Crippen LogP contribution in [0, 0.1) is 5.41 Å². The minimum Gasteiger partial charge on any atom is -0.142 e. The zero-order chi connectivity index (χ0) is 15.4.